The van der Waals surface area contributed by atoms with Gasteiger partial charge in [0, 0.05) is 20.1 Å². The van der Waals surface area contributed by atoms with Gasteiger partial charge >= 0.3 is 5.97 Å². The van der Waals surface area contributed by atoms with Crippen molar-refractivity contribution in [2.24, 2.45) is 0 Å². The van der Waals surface area contributed by atoms with Gasteiger partial charge in [0.2, 0.25) is 10.0 Å². The quantitative estimate of drug-likeness (QED) is 0.731. The Morgan fingerprint density at radius 2 is 2.00 bits per heavy atom. The molecule has 1 heterocycles. The minimum absolute atomic E-state index is 0.00814. The predicted octanol–water partition coefficient (Wildman–Crippen LogP) is -0.390. The van der Waals surface area contributed by atoms with Gasteiger partial charge in [0.25, 0.3) is 5.91 Å². The van der Waals surface area contributed by atoms with E-state index in [1.165, 1.54) is 35.6 Å². The summed E-state index contributed by atoms with van der Waals surface area (Å²) in [5, 5.41) is 2.32. The molecular formula is C14H18N2O6S. The van der Waals surface area contributed by atoms with Crippen LogP contribution in [0.25, 0.3) is 0 Å². The van der Waals surface area contributed by atoms with Crippen LogP contribution in [-0.2, 0) is 24.3 Å². The van der Waals surface area contributed by atoms with E-state index in [-0.39, 0.29) is 23.5 Å². The largest absolute Gasteiger partial charge is 0.452 e. The molecule has 9 heteroatoms. The first-order chi connectivity index (χ1) is 10.9. The van der Waals surface area contributed by atoms with E-state index in [0.29, 0.717) is 13.2 Å². The summed E-state index contributed by atoms with van der Waals surface area (Å²) in [5.74, 6) is -1.21. The van der Waals surface area contributed by atoms with Crippen molar-refractivity contribution in [3.63, 3.8) is 0 Å². The van der Waals surface area contributed by atoms with Crippen LogP contribution in [0.15, 0.2) is 29.2 Å². The number of hydrogen-bond acceptors (Lipinski definition) is 6. The number of hydrogen-bond donors (Lipinski definition) is 1. The Hall–Kier alpha value is -1.97. The van der Waals surface area contributed by atoms with Gasteiger partial charge in [-0.3, -0.25) is 4.79 Å². The van der Waals surface area contributed by atoms with Crippen LogP contribution in [-0.4, -0.2) is 64.6 Å². The van der Waals surface area contributed by atoms with E-state index in [0.717, 1.165) is 0 Å². The fourth-order valence-electron chi connectivity index (χ4n) is 2.01. The highest BCUT2D eigenvalue weighted by atomic mass is 32.2. The van der Waals surface area contributed by atoms with Gasteiger partial charge in [-0.2, -0.15) is 4.31 Å². The number of ether oxygens (including phenoxy) is 2. The lowest BCUT2D eigenvalue weighted by atomic mass is 10.2. The summed E-state index contributed by atoms with van der Waals surface area (Å²) in [7, 11) is -2.27. The summed E-state index contributed by atoms with van der Waals surface area (Å²) in [6.07, 6.45) is 0. The number of benzene rings is 1. The molecule has 1 aromatic rings. The zero-order valence-electron chi connectivity index (χ0n) is 12.6. The van der Waals surface area contributed by atoms with Crippen molar-refractivity contribution in [2.45, 2.75) is 4.90 Å². The Kier molecular flexibility index (Phi) is 5.69. The Morgan fingerprint density at radius 3 is 2.65 bits per heavy atom. The van der Waals surface area contributed by atoms with Crippen LogP contribution >= 0.6 is 0 Å². The lowest BCUT2D eigenvalue weighted by Crippen LogP contribution is -2.40. The minimum atomic E-state index is -3.69. The maximum absolute atomic E-state index is 12.5. The van der Waals surface area contributed by atoms with Crippen molar-refractivity contribution in [3.8, 4) is 0 Å². The summed E-state index contributed by atoms with van der Waals surface area (Å²) >= 11 is 0. The number of nitrogens with zero attached hydrogens (tertiary/aromatic N) is 1. The fourth-order valence-corrected chi connectivity index (χ4v) is 3.46. The van der Waals surface area contributed by atoms with Crippen molar-refractivity contribution >= 4 is 21.9 Å². The molecule has 2 rings (SSSR count). The minimum Gasteiger partial charge on any atom is -0.452 e. The van der Waals surface area contributed by atoms with Gasteiger partial charge in [0.1, 0.15) is 0 Å². The molecule has 0 aromatic heterocycles. The van der Waals surface area contributed by atoms with E-state index in [1.807, 2.05) is 0 Å². The number of likely N-dealkylation sites (N-methyl/N-ethyl adjacent to an activating group) is 1. The van der Waals surface area contributed by atoms with Crippen LogP contribution in [0.5, 0.6) is 0 Å². The molecule has 1 N–H and O–H groups in total. The van der Waals surface area contributed by atoms with Crippen LogP contribution < -0.4 is 5.32 Å². The van der Waals surface area contributed by atoms with Crippen LogP contribution in [0.2, 0.25) is 0 Å². The van der Waals surface area contributed by atoms with Gasteiger partial charge in [-0.25, -0.2) is 13.2 Å². The Balaban J connectivity index is 2.15. The fraction of sp³-hybridized carbons (Fsp3) is 0.429. The lowest BCUT2D eigenvalue weighted by molar-refractivity contribution is -0.123. The van der Waals surface area contributed by atoms with Crippen molar-refractivity contribution in [1.82, 2.24) is 9.62 Å². The average molecular weight is 342 g/mol. The Labute approximate surface area is 134 Å². The van der Waals surface area contributed by atoms with E-state index in [2.05, 4.69) is 5.32 Å². The Morgan fingerprint density at radius 1 is 1.30 bits per heavy atom. The molecule has 0 aliphatic carbocycles. The summed E-state index contributed by atoms with van der Waals surface area (Å²) in [6, 6.07) is 5.56. The number of nitrogens with one attached hydrogen (secondary N) is 1. The zero-order chi connectivity index (χ0) is 16.9. The number of carbonyl (C=O) groups excluding carboxylic acids is 2. The molecule has 0 spiro atoms. The van der Waals surface area contributed by atoms with E-state index >= 15 is 0 Å². The second kappa shape index (κ2) is 7.53. The van der Waals surface area contributed by atoms with Gasteiger partial charge in [0.15, 0.2) is 6.61 Å². The molecule has 0 atom stereocenters. The summed E-state index contributed by atoms with van der Waals surface area (Å²) in [6.45, 7) is 0.803. The maximum Gasteiger partial charge on any atom is 0.338 e. The average Bonchev–Trinajstić information content (AvgIpc) is 2.60. The molecule has 126 valence electrons. The summed E-state index contributed by atoms with van der Waals surface area (Å²) < 4.78 is 36.3. The highest BCUT2D eigenvalue weighted by Crippen LogP contribution is 2.18. The number of carbonyl (C=O) groups is 2. The molecule has 1 aliphatic heterocycles. The van der Waals surface area contributed by atoms with Crippen LogP contribution in [0.3, 0.4) is 0 Å². The molecule has 1 saturated heterocycles. The van der Waals surface area contributed by atoms with E-state index < -0.39 is 28.5 Å². The third-order valence-electron chi connectivity index (χ3n) is 3.29. The number of esters is 1. The molecule has 0 saturated carbocycles. The molecule has 1 amide bonds. The smallest absolute Gasteiger partial charge is 0.338 e. The van der Waals surface area contributed by atoms with Crippen molar-refractivity contribution in [2.75, 3.05) is 40.0 Å². The molecule has 0 bridgehead atoms. The lowest BCUT2D eigenvalue weighted by Gasteiger charge is -2.26. The molecule has 23 heavy (non-hydrogen) atoms. The third kappa shape index (κ3) is 4.27. The van der Waals surface area contributed by atoms with Crippen LogP contribution in [0.4, 0.5) is 0 Å². The molecule has 0 unspecified atom stereocenters. The Bertz CT molecular complexity index is 682. The SMILES string of the molecule is CNC(=O)COC(=O)c1cccc(S(=O)(=O)N2CCOCC2)c1. The number of rotatable bonds is 5. The number of amides is 1. The van der Waals surface area contributed by atoms with Gasteiger partial charge in [-0.05, 0) is 18.2 Å². The van der Waals surface area contributed by atoms with E-state index in [1.54, 1.807) is 0 Å². The summed E-state index contributed by atoms with van der Waals surface area (Å²) in [5.41, 5.74) is 0.0724. The first-order valence-corrected chi connectivity index (χ1v) is 8.45. The van der Waals surface area contributed by atoms with Gasteiger partial charge in [-0.1, -0.05) is 6.07 Å². The van der Waals surface area contributed by atoms with Crippen molar-refractivity contribution in [1.29, 1.82) is 0 Å². The number of morpholine rings is 1. The predicted molar refractivity (Wildman–Crippen MR) is 80.4 cm³/mol. The monoisotopic (exact) mass is 342 g/mol. The highest BCUT2D eigenvalue weighted by Gasteiger charge is 2.27. The first-order valence-electron chi connectivity index (χ1n) is 7.01. The van der Waals surface area contributed by atoms with Crippen LogP contribution in [0.1, 0.15) is 10.4 Å². The van der Waals surface area contributed by atoms with Crippen LogP contribution in [0, 0.1) is 0 Å². The second-order valence-electron chi connectivity index (χ2n) is 4.79. The highest BCUT2D eigenvalue weighted by molar-refractivity contribution is 7.89. The molecule has 8 nitrogen and oxygen atoms in total. The third-order valence-corrected chi connectivity index (χ3v) is 5.19. The standard InChI is InChI=1S/C14H18N2O6S/c1-15-13(17)10-22-14(18)11-3-2-4-12(9-11)23(19,20)16-5-7-21-8-6-16/h2-4,9H,5-8,10H2,1H3,(H,15,17). The number of sulfonamides is 1. The topological polar surface area (TPSA) is 102 Å². The molecular weight excluding hydrogens is 324 g/mol. The molecule has 1 aliphatic rings. The molecule has 1 fully saturated rings. The molecule has 1 aromatic carbocycles. The maximum atomic E-state index is 12.5. The van der Waals surface area contributed by atoms with Gasteiger partial charge < -0.3 is 14.8 Å². The van der Waals surface area contributed by atoms with E-state index in [4.69, 9.17) is 9.47 Å². The van der Waals surface area contributed by atoms with E-state index in [9.17, 15) is 18.0 Å². The molecule has 0 radical (unpaired) electrons. The van der Waals surface area contributed by atoms with Crippen molar-refractivity contribution < 1.29 is 27.5 Å². The zero-order valence-corrected chi connectivity index (χ0v) is 13.5. The first kappa shape index (κ1) is 17.4. The van der Waals surface area contributed by atoms with Gasteiger partial charge in [0.05, 0.1) is 23.7 Å². The summed E-state index contributed by atoms with van der Waals surface area (Å²) in [4.78, 5) is 23.0. The normalized spacial score (nSPS) is 15.9. The van der Waals surface area contributed by atoms with Crippen molar-refractivity contribution in [3.05, 3.63) is 29.8 Å². The second-order valence-corrected chi connectivity index (χ2v) is 6.73. The van der Waals surface area contributed by atoms with Gasteiger partial charge in [-0.15, -0.1) is 0 Å².